The highest BCUT2D eigenvalue weighted by atomic mass is 14.8. The number of hydrogen-bond acceptors (Lipinski definition) is 2. The summed E-state index contributed by atoms with van der Waals surface area (Å²) >= 11 is 0. The molecule has 0 radical (unpaired) electrons. The van der Waals surface area contributed by atoms with Crippen molar-refractivity contribution in [3.63, 3.8) is 0 Å². The Kier molecular flexibility index (Phi) is 6.24. The molecule has 0 spiro atoms. The number of unbranched alkanes of at least 4 members (excludes halogenated alkanes) is 5. The van der Waals surface area contributed by atoms with E-state index in [0.29, 0.717) is 5.82 Å². The van der Waals surface area contributed by atoms with Gasteiger partial charge in [-0.25, -0.2) is 9.97 Å². The maximum Gasteiger partial charge on any atom is 0.204 e. The second kappa shape index (κ2) is 7.99. The van der Waals surface area contributed by atoms with Crippen molar-refractivity contribution in [2.24, 2.45) is 0 Å². The third-order valence-corrected chi connectivity index (χ3v) is 2.17. The van der Waals surface area contributed by atoms with Gasteiger partial charge in [0.25, 0.3) is 0 Å². The minimum absolute atomic E-state index is 0.631. The standard InChI is InChI=1S/C13H18N2/c1-2-3-4-5-6-7-8-10-13-14-11-9-12-15-13/h9,11-12H,2-7H2,1H3. The Morgan fingerprint density at radius 1 is 1.07 bits per heavy atom. The smallest absolute Gasteiger partial charge is 0.204 e. The summed E-state index contributed by atoms with van der Waals surface area (Å²) in [6.45, 7) is 2.23. The van der Waals surface area contributed by atoms with E-state index < -0.39 is 0 Å². The number of hydrogen-bond donors (Lipinski definition) is 0. The highest BCUT2D eigenvalue weighted by Crippen LogP contribution is 2.03. The van der Waals surface area contributed by atoms with E-state index in [9.17, 15) is 0 Å². The molecule has 0 aliphatic heterocycles. The maximum atomic E-state index is 4.04. The van der Waals surface area contributed by atoms with E-state index in [1.165, 1.54) is 32.1 Å². The topological polar surface area (TPSA) is 25.8 Å². The average Bonchev–Trinajstić information content (AvgIpc) is 2.29. The molecule has 0 amide bonds. The zero-order valence-corrected chi connectivity index (χ0v) is 9.37. The predicted octanol–water partition coefficient (Wildman–Crippen LogP) is 3.19. The van der Waals surface area contributed by atoms with E-state index in [1.54, 1.807) is 18.5 Å². The van der Waals surface area contributed by atoms with Crippen LogP contribution in [0, 0.1) is 11.8 Å². The molecule has 1 aromatic heterocycles. The number of nitrogens with zero attached hydrogens (tertiary/aromatic N) is 2. The predicted molar refractivity (Wildman–Crippen MR) is 62.3 cm³/mol. The van der Waals surface area contributed by atoms with Gasteiger partial charge in [0.1, 0.15) is 0 Å². The van der Waals surface area contributed by atoms with Gasteiger partial charge in [0.15, 0.2) is 0 Å². The van der Waals surface area contributed by atoms with Gasteiger partial charge in [-0.3, -0.25) is 0 Å². The lowest BCUT2D eigenvalue weighted by molar-refractivity contribution is 0.641. The molecule has 0 saturated heterocycles. The van der Waals surface area contributed by atoms with E-state index in [-0.39, 0.29) is 0 Å². The van der Waals surface area contributed by atoms with Crippen LogP contribution in [-0.2, 0) is 0 Å². The van der Waals surface area contributed by atoms with Gasteiger partial charge in [-0.1, -0.05) is 38.5 Å². The SMILES string of the molecule is CCCCCCCC#Cc1ncccn1. The van der Waals surface area contributed by atoms with Crippen LogP contribution in [0.4, 0.5) is 0 Å². The quantitative estimate of drug-likeness (QED) is 0.541. The first kappa shape index (κ1) is 11.7. The van der Waals surface area contributed by atoms with Gasteiger partial charge in [-0.2, -0.15) is 0 Å². The van der Waals surface area contributed by atoms with Crippen molar-refractivity contribution >= 4 is 0 Å². The van der Waals surface area contributed by atoms with Crippen LogP contribution in [0.5, 0.6) is 0 Å². The van der Waals surface area contributed by atoms with Gasteiger partial charge in [0, 0.05) is 18.8 Å². The molecule has 1 aromatic rings. The second-order valence-corrected chi connectivity index (χ2v) is 3.54. The molecule has 1 rings (SSSR count). The first-order valence-electron chi connectivity index (χ1n) is 5.69. The molecule has 0 aromatic carbocycles. The van der Waals surface area contributed by atoms with Crippen molar-refractivity contribution in [1.29, 1.82) is 0 Å². The van der Waals surface area contributed by atoms with Crippen LogP contribution in [-0.4, -0.2) is 9.97 Å². The fraction of sp³-hybridized carbons (Fsp3) is 0.538. The second-order valence-electron chi connectivity index (χ2n) is 3.54. The maximum absolute atomic E-state index is 4.04. The number of aromatic nitrogens is 2. The third kappa shape index (κ3) is 5.85. The zero-order chi connectivity index (χ0) is 10.8. The Balaban J connectivity index is 2.12. The molecule has 0 bridgehead atoms. The molecule has 0 atom stereocenters. The Morgan fingerprint density at radius 2 is 1.80 bits per heavy atom. The Bertz CT molecular complexity index is 308. The summed E-state index contributed by atoms with van der Waals surface area (Å²) in [5.74, 6) is 6.70. The largest absolute Gasteiger partial charge is 0.229 e. The van der Waals surface area contributed by atoms with Crippen molar-refractivity contribution in [1.82, 2.24) is 9.97 Å². The zero-order valence-electron chi connectivity index (χ0n) is 9.37. The van der Waals surface area contributed by atoms with Gasteiger partial charge in [-0.15, -0.1) is 0 Å². The van der Waals surface area contributed by atoms with E-state index in [4.69, 9.17) is 0 Å². The monoisotopic (exact) mass is 202 g/mol. The minimum Gasteiger partial charge on any atom is -0.229 e. The Labute approximate surface area is 92.2 Å². The minimum atomic E-state index is 0.631. The van der Waals surface area contributed by atoms with Crippen LogP contribution in [0.15, 0.2) is 18.5 Å². The van der Waals surface area contributed by atoms with Crippen LogP contribution in [0.3, 0.4) is 0 Å². The van der Waals surface area contributed by atoms with Crippen molar-refractivity contribution < 1.29 is 0 Å². The lowest BCUT2D eigenvalue weighted by atomic mass is 10.1. The fourth-order valence-corrected chi connectivity index (χ4v) is 1.32. The summed E-state index contributed by atoms with van der Waals surface area (Å²) in [7, 11) is 0. The first-order chi connectivity index (χ1) is 7.43. The van der Waals surface area contributed by atoms with Crippen LogP contribution in [0.25, 0.3) is 0 Å². The summed E-state index contributed by atoms with van der Waals surface area (Å²) in [4.78, 5) is 8.08. The highest BCUT2D eigenvalue weighted by molar-refractivity contribution is 5.19. The lowest BCUT2D eigenvalue weighted by Crippen LogP contribution is -1.84. The fourth-order valence-electron chi connectivity index (χ4n) is 1.32. The van der Waals surface area contributed by atoms with Crippen LogP contribution in [0.1, 0.15) is 51.3 Å². The molecule has 0 aliphatic rings. The molecular formula is C13H18N2. The molecule has 0 fully saturated rings. The van der Waals surface area contributed by atoms with Crippen LogP contribution in [0.2, 0.25) is 0 Å². The Morgan fingerprint density at radius 3 is 2.53 bits per heavy atom. The molecular weight excluding hydrogens is 184 g/mol. The van der Waals surface area contributed by atoms with Gasteiger partial charge >= 0.3 is 0 Å². The molecule has 2 nitrogen and oxygen atoms in total. The summed E-state index contributed by atoms with van der Waals surface area (Å²) in [5, 5.41) is 0. The van der Waals surface area contributed by atoms with Gasteiger partial charge in [-0.05, 0) is 18.4 Å². The third-order valence-electron chi connectivity index (χ3n) is 2.17. The summed E-state index contributed by atoms with van der Waals surface area (Å²) < 4.78 is 0. The lowest BCUT2D eigenvalue weighted by Gasteiger charge is -1.94. The van der Waals surface area contributed by atoms with E-state index in [2.05, 4.69) is 28.7 Å². The number of rotatable bonds is 5. The summed E-state index contributed by atoms with van der Waals surface area (Å²) in [6, 6.07) is 1.80. The molecule has 0 unspecified atom stereocenters. The van der Waals surface area contributed by atoms with Crippen molar-refractivity contribution in [2.45, 2.75) is 45.4 Å². The van der Waals surface area contributed by atoms with E-state index >= 15 is 0 Å². The molecule has 15 heavy (non-hydrogen) atoms. The van der Waals surface area contributed by atoms with Crippen molar-refractivity contribution in [3.05, 3.63) is 24.3 Å². The first-order valence-corrected chi connectivity index (χ1v) is 5.69. The highest BCUT2D eigenvalue weighted by Gasteiger charge is 1.87. The molecule has 1 heterocycles. The molecule has 0 aliphatic carbocycles. The summed E-state index contributed by atoms with van der Waals surface area (Å²) in [6.07, 6.45) is 10.9. The molecule has 0 N–H and O–H groups in total. The average molecular weight is 202 g/mol. The normalized spacial score (nSPS) is 9.40. The van der Waals surface area contributed by atoms with Gasteiger partial charge in [0.05, 0.1) is 0 Å². The summed E-state index contributed by atoms with van der Waals surface area (Å²) in [5.41, 5.74) is 0. The van der Waals surface area contributed by atoms with Crippen molar-refractivity contribution in [3.8, 4) is 11.8 Å². The van der Waals surface area contributed by atoms with Crippen LogP contribution < -0.4 is 0 Å². The van der Waals surface area contributed by atoms with Crippen molar-refractivity contribution in [2.75, 3.05) is 0 Å². The molecule has 80 valence electrons. The molecule has 2 heteroatoms. The van der Waals surface area contributed by atoms with Gasteiger partial charge in [0.2, 0.25) is 5.82 Å². The van der Waals surface area contributed by atoms with Gasteiger partial charge < -0.3 is 0 Å². The molecule has 0 saturated carbocycles. The van der Waals surface area contributed by atoms with E-state index in [0.717, 1.165) is 6.42 Å². The Hall–Kier alpha value is -1.36. The van der Waals surface area contributed by atoms with Crippen LogP contribution >= 0.6 is 0 Å². The van der Waals surface area contributed by atoms with E-state index in [1.807, 2.05) is 0 Å².